The van der Waals surface area contributed by atoms with E-state index in [2.05, 4.69) is 15.7 Å². The number of ether oxygens (including phenoxy) is 2. The Morgan fingerprint density at radius 1 is 1.38 bits per heavy atom. The van der Waals surface area contributed by atoms with Crippen molar-refractivity contribution in [3.05, 3.63) is 35.6 Å². The van der Waals surface area contributed by atoms with Crippen molar-refractivity contribution in [1.82, 2.24) is 15.1 Å². The third-order valence-corrected chi connectivity index (χ3v) is 3.30. The summed E-state index contributed by atoms with van der Waals surface area (Å²) in [5, 5.41) is 11.4. The fraction of sp³-hybridized carbons (Fsp3) is 0.231. The molecule has 0 amide bonds. The Labute approximate surface area is 132 Å². The van der Waals surface area contributed by atoms with Gasteiger partial charge in [-0.3, -0.25) is 4.68 Å². The number of anilines is 1. The fourth-order valence-corrected chi connectivity index (χ4v) is 2.27. The van der Waals surface area contributed by atoms with Crippen LogP contribution in [0.4, 0.5) is 5.69 Å². The zero-order valence-corrected chi connectivity index (χ0v) is 12.6. The van der Waals surface area contributed by atoms with Crippen molar-refractivity contribution in [1.29, 1.82) is 0 Å². The van der Waals surface area contributed by atoms with Crippen LogP contribution >= 0.6 is 23.8 Å². The van der Waals surface area contributed by atoms with Gasteiger partial charge in [-0.1, -0.05) is 11.6 Å². The van der Waals surface area contributed by atoms with Crippen molar-refractivity contribution in [2.45, 2.75) is 6.54 Å². The van der Waals surface area contributed by atoms with Crippen molar-refractivity contribution in [2.24, 2.45) is 0 Å². The smallest absolute Gasteiger partial charge is 0.231 e. The minimum absolute atomic E-state index is 0.258. The summed E-state index contributed by atoms with van der Waals surface area (Å²) in [5.41, 5.74) is 0.846. The second-order valence-corrected chi connectivity index (χ2v) is 5.22. The molecular formula is C13H13ClN4O2S. The Bertz CT molecular complexity index is 661. The first-order chi connectivity index (χ1) is 10.2. The molecule has 3 rings (SSSR count). The van der Waals surface area contributed by atoms with Gasteiger partial charge in [-0.05, 0) is 24.4 Å². The van der Waals surface area contributed by atoms with Crippen LogP contribution in [0, 0.1) is 0 Å². The van der Waals surface area contributed by atoms with E-state index in [1.54, 1.807) is 17.1 Å². The number of halogens is 1. The number of rotatable bonds is 4. The molecule has 1 aliphatic heterocycles. The lowest BCUT2D eigenvalue weighted by Crippen LogP contribution is -2.31. The monoisotopic (exact) mass is 324 g/mol. The first-order valence-corrected chi connectivity index (χ1v) is 7.12. The molecule has 0 bridgehead atoms. The maximum atomic E-state index is 5.79. The predicted octanol–water partition coefficient (Wildman–Crippen LogP) is 2.25. The summed E-state index contributed by atoms with van der Waals surface area (Å²) in [5.74, 6) is 1.46. The second-order valence-electron chi connectivity index (χ2n) is 4.37. The molecule has 1 aromatic heterocycles. The standard InChI is InChI=1S/C13H13ClN4O2S/c14-9-6-16-18(7-9)4-3-15-13(21)17-10-1-2-11-12(5-10)20-8-19-11/h1-2,5-7H,3-4,8H2,(H2,15,17,21). The number of fused-ring (bicyclic) bond motifs is 1. The number of nitrogens with one attached hydrogen (secondary N) is 2. The summed E-state index contributed by atoms with van der Waals surface area (Å²) in [6, 6.07) is 5.58. The Balaban J connectivity index is 1.48. The molecule has 0 radical (unpaired) electrons. The minimum atomic E-state index is 0.258. The fourth-order valence-electron chi connectivity index (χ4n) is 1.89. The zero-order valence-electron chi connectivity index (χ0n) is 11.0. The van der Waals surface area contributed by atoms with Gasteiger partial charge in [0, 0.05) is 24.5 Å². The number of aromatic nitrogens is 2. The molecule has 110 valence electrons. The highest BCUT2D eigenvalue weighted by atomic mass is 35.5. The third-order valence-electron chi connectivity index (χ3n) is 2.86. The Kier molecular flexibility index (Phi) is 4.12. The van der Waals surface area contributed by atoms with E-state index < -0.39 is 0 Å². The topological polar surface area (TPSA) is 60.3 Å². The van der Waals surface area contributed by atoms with Crippen molar-refractivity contribution >= 4 is 34.6 Å². The van der Waals surface area contributed by atoms with E-state index in [0.717, 1.165) is 11.4 Å². The van der Waals surface area contributed by atoms with E-state index in [1.807, 2.05) is 18.2 Å². The highest BCUT2D eigenvalue weighted by Crippen LogP contribution is 2.34. The van der Waals surface area contributed by atoms with Crippen molar-refractivity contribution in [3.8, 4) is 11.5 Å². The minimum Gasteiger partial charge on any atom is -0.454 e. The molecule has 2 aromatic rings. The zero-order chi connectivity index (χ0) is 14.7. The van der Waals surface area contributed by atoms with Gasteiger partial charge < -0.3 is 20.1 Å². The van der Waals surface area contributed by atoms with Gasteiger partial charge in [0.2, 0.25) is 6.79 Å². The lowest BCUT2D eigenvalue weighted by molar-refractivity contribution is 0.174. The van der Waals surface area contributed by atoms with E-state index >= 15 is 0 Å². The molecule has 2 N–H and O–H groups in total. The first kappa shape index (κ1) is 14.0. The van der Waals surface area contributed by atoms with Gasteiger partial charge in [-0.15, -0.1) is 0 Å². The Morgan fingerprint density at radius 3 is 3.05 bits per heavy atom. The molecule has 0 spiro atoms. The van der Waals surface area contributed by atoms with Crippen LogP contribution in [0.25, 0.3) is 0 Å². The summed E-state index contributed by atoms with van der Waals surface area (Å²) < 4.78 is 12.3. The molecule has 2 heterocycles. The molecule has 1 aromatic carbocycles. The van der Waals surface area contributed by atoms with Gasteiger partial charge >= 0.3 is 0 Å². The van der Waals surface area contributed by atoms with E-state index in [1.165, 1.54) is 0 Å². The lowest BCUT2D eigenvalue weighted by atomic mass is 10.3. The SMILES string of the molecule is S=C(NCCn1cc(Cl)cn1)Nc1ccc2c(c1)OCO2. The van der Waals surface area contributed by atoms with Crippen LogP contribution in [-0.2, 0) is 6.54 Å². The maximum Gasteiger partial charge on any atom is 0.231 e. The van der Waals surface area contributed by atoms with E-state index in [4.69, 9.17) is 33.3 Å². The quantitative estimate of drug-likeness (QED) is 0.841. The Hall–Kier alpha value is -1.99. The number of benzene rings is 1. The third kappa shape index (κ3) is 3.56. The van der Waals surface area contributed by atoms with Crippen molar-refractivity contribution in [3.63, 3.8) is 0 Å². The predicted molar refractivity (Wildman–Crippen MR) is 84.0 cm³/mol. The van der Waals surface area contributed by atoms with Crippen LogP contribution in [-0.4, -0.2) is 28.2 Å². The number of thiocarbonyl (C=S) groups is 1. The molecule has 0 atom stereocenters. The van der Waals surface area contributed by atoms with Crippen LogP contribution in [0.1, 0.15) is 0 Å². The molecule has 6 nitrogen and oxygen atoms in total. The van der Waals surface area contributed by atoms with Gasteiger partial charge in [0.25, 0.3) is 0 Å². The number of hydrogen-bond donors (Lipinski definition) is 2. The normalized spacial score (nSPS) is 12.2. The van der Waals surface area contributed by atoms with Crippen LogP contribution in [0.15, 0.2) is 30.6 Å². The Morgan fingerprint density at radius 2 is 2.24 bits per heavy atom. The maximum absolute atomic E-state index is 5.79. The summed E-state index contributed by atoms with van der Waals surface area (Å²) in [6.07, 6.45) is 3.36. The highest BCUT2D eigenvalue weighted by molar-refractivity contribution is 7.80. The highest BCUT2D eigenvalue weighted by Gasteiger charge is 2.13. The van der Waals surface area contributed by atoms with E-state index in [0.29, 0.717) is 29.0 Å². The molecule has 21 heavy (non-hydrogen) atoms. The van der Waals surface area contributed by atoms with Crippen LogP contribution in [0.2, 0.25) is 5.02 Å². The molecule has 0 fully saturated rings. The van der Waals surface area contributed by atoms with Gasteiger partial charge in [0.15, 0.2) is 16.6 Å². The van der Waals surface area contributed by atoms with Gasteiger partial charge in [0.1, 0.15) is 0 Å². The molecular weight excluding hydrogens is 312 g/mol. The number of nitrogens with zero attached hydrogens (tertiary/aromatic N) is 2. The van der Waals surface area contributed by atoms with Crippen LogP contribution in [0.3, 0.4) is 0 Å². The van der Waals surface area contributed by atoms with Gasteiger partial charge in [-0.25, -0.2) is 0 Å². The van der Waals surface area contributed by atoms with Gasteiger partial charge in [0.05, 0.1) is 17.8 Å². The first-order valence-electron chi connectivity index (χ1n) is 6.33. The molecule has 0 unspecified atom stereocenters. The van der Waals surface area contributed by atoms with Crippen molar-refractivity contribution < 1.29 is 9.47 Å². The molecule has 0 saturated carbocycles. The average Bonchev–Trinajstić information content (AvgIpc) is 3.07. The molecule has 1 aliphatic rings. The van der Waals surface area contributed by atoms with E-state index in [-0.39, 0.29) is 6.79 Å². The molecule has 8 heteroatoms. The van der Waals surface area contributed by atoms with Crippen LogP contribution in [0.5, 0.6) is 11.5 Å². The van der Waals surface area contributed by atoms with Gasteiger partial charge in [-0.2, -0.15) is 5.10 Å². The number of hydrogen-bond acceptors (Lipinski definition) is 4. The second kappa shape index (κ2) is 6.19. The lowest BCUT2D eigenvalue weighted by Gasteiger charge is -2.11. The summed E-state index contributed by atoms with van der Waals surface area (Å²) in [6.45, 7) is 1.58. The summed E-state index contributed by atoms with van der Waals surface area (Å²) in [4.78, 5) is 0. The molecule has 0 saturated heterocycles. The largest absolute Gasteiger partial charge is 0.454 e. The average molecular weight is 325 g/mol. The summed E-state index contributed by atoms with van der Waals surface area (Å²) in [7, 11) is 0. The van der Waals surface area contributed by atoms with E-state index in [9.17, 15) is 0 Å². The van der Waals surface area contributed by atoms with Crippen molar-refractivity contribution in [2.75, 3.05) is 18.7 Å². The summed E-state index contributed by atoms with van der Waals surface area (Å²) >= 11 is 11.0. The molecule has 0 aliphatic carbocycles. The van der Waals surface area contributed by atoms with Crippen LogP contribution < -0.4 is 20.1 Å².